The van der Waals surface area contributed by atoms with Crippen LogP contribution in [0.5, 0.6) is 0 Å². The van der Waals surface area contributed by atoms with E-state index < -0.39 is 0 Å². The summed E-state index contributed by atoms with van der Waals surface area (Å²) in [6.45, 7) is 4.89. The van der Waals surface area contributed by atoms with Crippen LogP contribution in [-0.4, -0.2) is 13.7 Å². The first-order valence-electron chi connectivity index (χ1n) is 5.16. The lowest BCUT2D eigenvalue weighted by atomic mass is 10.2. The molecule has 1 aromatic rings. The Kier molecular flexibility index (Phi) is 4.75. The molecular formula is C13H18O2. The van der Waals surface area contributed by atoms with Crippen LogP contribution < -0.4 is 0 Å². The van der Waals surface area contributed by atoms with Gasteiger partial charge in [-0.3, -0.25) is 0 Å². The van der Waals surface area contributed by atoms with E-state index in [1.165, 1.54) is 0 Å². The molecule has 2 heteroatoms. The Balaban J connectivity index is 2.62. The van der Waals surface area contributed by atoms with Crippen LogP contribution in [0.2, 0.25) is 0 Å². The van der Waals surface area contributed by atoms with Gasteiger partial charge in [0.15, 0.2) is 0 Å². The fraction of sp³-hybridized carbons (Fsp3) is 0.385. The first kappa shape index (κ1) is 11.6. The Morgan fingerprint density at radius 2 is 1.93 bits per heavy atom. The van der Waals surface area contributed by atoms with Gasteiger partial charge in [0.25, 0.3) is 5.95 Å². The summed E-state index contributed by atoms with van der Waals surface area (Å²) in [6.07, 6.45) is 1.89. The molecule has 0 unspecified atom stereocenters. The summed E-state index contributed by atoms with van der Waals surface area (Å²) >= 11 is 0. The summed E-state index contributed by atoms with van der Waals surface area (Å²) in [4.78, 5) is 0. The Labute approximate surface area is 91.5 Å². The number of ether oxygens (including phenoxy) is 2. The van der Waals surface area contributed by atoms with Gasteiger partial charge >= 0.3 is 0 Å². The molecular weight excluding hydrogens is 188 g/mol. The highest BCUT2D eigenvalue weighted by Gasteiger charge is 2.00. The van der Waals surface area contributed by atoms with Gasteiger partial charge in [-0.15, -0.1) is 0 Å². The van der Waals surface area contributed by atoms with Gasteiger partial charge in [0.2, 0.25) is 0 Å². The number of hydrogen-bond donors (Lipinski definition) is 0. The van der Waals surface area contributed by atoms with Crippen molar-refractivity contribution in [3.05, 3.63) is 41.8 Å². The maximum atomic E-state index is 5.50. The van der Waals surface area contributed by atoms with Crippen molar-refractivity contribution in [3.63, 3.8) is 0 Å². The molecule has 0 bridgehead atoms. The van der Waals surface area contributed by atoms with E-state index in [-0.39, 0.29) is 0 Å². The van der Waals surface area contributed by atoms with E-state index in [0.717, 1.165) is 5.56 Å². The summed E-state index contributed by atoms with van der Waals surface area (Å²) in [5.41, 5.74) is 1.08. The highest BCUT2D eigenvalue weighted by Crippen LogP contribution is 2.09. The molecule has 82 valence electrons. The molecule has 15 heavy (non-hydrogen) atoms. The Morgan fingerprint density at radius 3 is 2.47 bits per heavy atom. The quantitative estimate of drug-likeness (QED) is 0.688. The van der Waals surface area contributed by atoms with Crippen LogP contribution in [0.3, 0.4) is 0 Å². The van der Waals surface area contributed by atoms with Crippen LogP contribution in [0.1, 0.15) is 19.4 Å². The lowest BCUT2D eigenvalue weighted by Gasteiger charge is -2.10. The van der Waals surface area contributed by atoms with Gasteiger partial charge in [-0.1, -0.05) is 44.2 Å². The molecule has 0 aliphatic carbocycles. The van der Waals surface area contributed by atoms with Crippen LogP contribution in [0.4, 0.5) is 0 Å². The minimum Gasteiger partial charge on any atom is -0.469 e. The molecule has 0 fully saturated rings. The summed E-state index contributed by atoms with van der Waals surface area (Å²) in [5, 5.41) is 0. The molecule has 0 atom stereocenters. The first-order chi connectivity index (χ1) is 7.22. The van der Waals surface area contributed by atoms with Crippen molar-refractivity contribution in [2.45, 2.75) is 13.8 Å². The van der Waals surface area contributed by atoms with Gasteiger partial charge in [-0.2, -0.15) is 0 Å². The average Bonchev–Trinajstić information content (AvgIpc) is 2.25. The fourth-order valence-corrected chi connectivity index (χ4v) is 1.09. The van der Waals surface area contributed by atoms with E-state index in [2.05, 4.69) is 13.8 Å². The van der Waals surface area contributed by atoms with Crippen molar-refractivity contribution in [2.75, 3.05) is 13.7 Å². The standard InChI is InChI=1S/C13H18O2/c1-11(2)10-15-13(14-3)9-12-7-5-4-6-8-12/h4-9,11H,10H2,1-3H3. The molecule has 0 radical (unpaired) electrons. The zero-order valence-electron chi connectivity index (χ0n) is 9.57. The number of rotatable bonds is 5. The molecule has 2 nitrogen and oxygen atoms in total. The van der Waals surface area contributed by atoms with Gasteiger partial charge in [0.1, 0.15) is 0 Å². The van der Waals surface area contributed by atoms with E-state index in [1.54, 1.807) is 7.11 Å². The average molecular weight is 206 g/mol. The van der Waals surface area contributed by atoms with Crippen LogP contribution in [-0.2, 0) is 9.47 Å². The summed E-state index contributed by atoms with van der Waals surface area (Å²) in [5.74, 6) is 1.06. The molecule has 1 rings (SSSR count). The molecule has 0 saturated carbocycles. The minimum atomic E-state index is 0.499. The third-order valence-corrected chi connectivity index (χ3v) is 1.84. The lowest BCUT2D eigenvalue weighted by Crippen LogP contribution is -2.02. The van der Waals surface area contributed by atoms with Gasteiger partial charge in [-0.05, 0) is 11.5 Å². The van der Waals surface area contributed by atoms with Crippen molar-refractivity contribution in [2.24, 2.45) is 5.92 Å². The Hall–Kier alpha value is -1.44. The first-order valence-corrected chi connectivity index (χ1v) is 5.16. The highest BCUT2D eigenvalue weighted by molar-refractivity contribution is 5.49. The molecule has 0 amide bonds. The van der Waals surface area contributed by atoms with Crippen molar-refractivity contribution < 1.29 is 9.47 Å². The van der Waals surface area contributed by atoms with Crippen molar-refractivity contribution in [1.29, 1.82) is 0 Å². The van der Waals surface area contributed by atoms with Crippen LogP contribution >= 0.6 is 0 Å². The normalized spacial score (nSPS) is 11.6. The van der Waals surface area contributed by atoms with E-state index in [4.69, 9.17) is 9.47 Å². The Morgan fingerprint density at radius 1 is 1.27 bits per heavy atom. The zero-order chi connectivity index (χ0) is 11.1. The predicted octanol–water partition coefficient (Wildman–Crippen LogP) is 3.30. The number of hydrogen-bond acceptors (Lipinski definition) is 2. The topological polar surface area (TPSA) is 18.5 Å². The van der Waals surface area contributed by atoms with E-state index in [9.17, 15) is 0 Å². The fourth-order valence-electron chi connectivity index (χ4n) is 1.09. The maximum absolute atomic E-state index is 5.50. The largest absolute Gasteiger partial charge is 0.469 e. The monoisotopic (exact) mass is 206 g/mol. The van der Waals surface area contributed by atoms with E-state index in [1.807, 2.05) is 36.4 Å². The van der Waals surface area contributed by atoms with Crippen molar-refractivity contribution in [3.8, 4) is 0 Å². The summed E-state index contributed by atoms with van der Waals surface area (Å²) in [7, 11) is 1.62. The highest BCUT2D eigenvalue weighted by atomic mass is 16.7. The molecule has 0 saturated heterocycles. The summed E-state index contributed by atoms with van der Waals surface area (Å²) < 4.78 is 10.6. The predicted molar refractivity (Wildman–Crippen MR) is 62.2 cm³/mol. The van der Waals surface area contributed by atoms with Crippen molar-refractivity contribution in [1.82, 2.24) is 0 Å². The number of methoxy groups -OCH3 is 1. The van der Waals surface area contributed by atoms with Gasteiger partial charge < -0.3 is 9.47 Å². The second kappa shape index (κ2) is 6.12. The Bertz CT molecular complexity index is 302. The lowest BCUT2D eigenvalue weighted by molar-refractivity contribution is 0.0528. The van der Waals surface area contributed by atoms with Gasteiger partial charge in [-0.25, -0.2) is 0 Å². The third-order valence-electron chi connectivity index (χ3n) is 1.84. The molecule has 0 heterocycles. The van der Waals surface area contributed by atoms with Crippen LogP contribution in [0.15, 0.2) is 36.3 Å². The zero-order valence-corrected chi connectivity index (χ0v) is 9.57. The molecule has 0 spiro atoms. The van der Waals surface area contributed by atoms with Crippen molar-refractivity contribution >= 4 is 6.08 Å². The molecule has 0 N–H and O–H groups in total. The number of benzene rings is 1. The third kappa shape index (κ3) is 4.54. The van der Waals surface area contributed by atoms with Gasteiger partial charge in [0, 0.05) is 6.08 Å². The SMILES string of the molecule is COC(=Cc1ccccc1)OCC(C)C. The maximum Gasteiger partial charge on any atom is 0.279 e. The molecule has 0 aliphatic heterocycles. The summed E-state index contributed by atoms with van der Waals surface area (Å²) in [6, 6.07) is 9.98. The molecule has 0 aliphatic rings. The second-order valence-corrected chi connectivity index (χ2v) is 3.78. The smallest absolute Gasteiger partial charge is 0.279 e. The van der Waals surface area contributed by atoms with Crippen LogP contribution in [0.25, 0.3) is 6.08 Å². The van der Waals surface area contributed by atoms with Crippen LogP contribution in [0, 0.1) is 5.92 Å². The van der Waals surface area contributed by atoms with E-state index >= 15 is 0 Å². The second-order valence-electron chi connectivity index (χ2n) is 3.78. The minimum absolute atomic E-state index is 0.499. The van der Waals surface area contributed by atoms with Gasteiger partial charge in [0.05, 0.1) is 13.7 Å². The molecule has 1 aromatic carbocycles. The van der Waals surface area contributed by atoms with E-state index in [0.29, 0.717) is 18.5 Å². The molecule has 0 aromatic heterocycles.